The number of methoxy groups -OCH3 is 1. The van der Waals surface area contributed by atoms with E-state index in [-0.39, 0.29) is 0 Å². The monoisotopic (exact) mass is 294 g/mol. The van der Waals surface area contributed by atoms with Gasteiger partial charge in [-0.3, -0.25) is 0 Å². The third-order valence-corrected chi connectivity index (χ3v) is 3.74. The molecule has 0 spiro atoms. The van der Waals surface area contributed by atoms with Crippen molar-refractivity contribution in [2.75, 3.05) is 7.11 Å². The molecule has 0 N–H and O–H groups in total. The summed E-state index contributed by atoms with van der Waals surface area (Å²) < 4.78 is 5.24. The Morgan fingerprint density at radius 3 is 2.38 bits per heavy atom. The van der Waals surface area contributed by atoms with Crippen molar-refractivity contribution in [3.63, 3.8) is 0 Å². The van der Waals surface area contributed by atoms with Gasteiger partial charge in [0.2, 0.25) is 0 Å². The highest BCUT2D eigenvalue weighted by Gasteiger charge is 2.00. The highest BCUT2D eigenvalue weighted by molar-refractivity contribution is 6.51. The summed E-state index contributed by atoms with van der Waals surface area (Å²) in [6.07, 6.45) is 1.99. The molecule has 0 aliphatic carbocycles. The minimum absolute atomic E-state index is 0.739. The number of benzene rings is 3. The summed E-state index contributed by atoms with van der Waals surface area (Å²) in [4.78, 5) is 0. The molecule has 0 unspecified atom stereocenters. The fourth-order valence-electron chi connectivity index (χ4n) is 2.29. The lowest BCUT2D eigenvalue weighted by Gasteiger charge is -2.04. The Balaban J connectivity index is 1.98. The van der Waals surface area contributed by atoms with Crippen LogP contribution in [-0.4, -0.2) is 7.11 Å². The summed E-state index contributed by atoms with van der Waals surface area (Å²) in [5.74, 6) is 0.869. The van der Waals surface area contributed by atoms with E-state index >= 15 is 0 Å². The van der Waals surface area contributed by atoms with Crippen LogP contribution in [0.1, 0.15) is 11.1 Å². The molecule has 0 heterocycles. The third kappa shape index (κ3) is 3.09. The van der Waals surface area contributed by atoms with Gasteiger partial charge in [-0.15, -0.1) is 0 Å². The predicted molar refractivity (Wildman–Crippen MR) is 90.7 cm³/mol. The van der Waals surface area contributed by atoms with Crippen molar-refractivity contribution in [3.8, 4) is 5.75 Å². The molecule has 2 heteroatoms. The number of ether oxygens (including phenoxy) is 1. The van der Waals surface area contributed by atoms with Crippen molar-refractivity contribution in [1.29, 1.82) is 0 Å². The molecule has 0 aliphatic heterocycles. The lowest BCUT2D eigenvalue weighted by Crippen LogP contribution is -1.83. The first-order chi connectivity index (χ1) is 10.3. The molecule has 0 amide bonds. The minimum atomic E-state index is 0.739. The average Bonchev–Trinajstić information content (AvgIpc) is 2.55. The van der Waals surface area contributed by atoms with Gasteiger partial charge in [0.05, 0.1) is 7.11 Å². The molecular formula is C19H15ClO. The highest BCUT2D eigenvalue weighted by atomic mass is 35.5. The van der Waals surface area contributed by atoms with Crippen LogP contribution in [0.3, 0.4) is 0 Å². The Labute approximate surface area is 129 Å². The summed E-state index contributed by atoms with van der Waals surface area (Å²) in [7, 11) is 1.68. The van der Waals surface area contributed by atoms with Gasteiger partial charge in [-0.25, -0.2) is 0 Å². The molecule has 1 nitrogen and oxygen atoms in total. The second-order valence-corrected chi connectivity index (χ2v) is 5.24. The predicted octanol–water partition coefficient (Wildman–Crippen LogP) is 5.59. The van der Waals surface area contributed by atoms with E-state index in [0.717, 1.165) is 27.3 Å². The van der Waals surface area contributed by atoms with Crippen LogP contribution in [0.5, 0.6) is 5.75 Å². The van der Waals surface area contributed by atoms with Gasteiger partial charge >= 0.3 is 0 Å². The maximum atomic E-state index is 6.38. The van der Waals surface area contributed by atoms with Gasteiger partial charge in [0.25, 0.3) is 0 Å². The van der Waals surface area contributed by atoms with E-state index in [1.54, 1.807) is 7.11 Å². The Morgan fingerprint density at radius 2 is 1.62 bits per heavy atom. The van der Waals surface area contributed by atoms with Crippen LogP contribution >= 0.6 is 11.6 Å². The lowest BCUT2D eigenvalue weighted by atomic mass is 10.1. The molecule has 3 aromatic rings. The van der Waals surface area contributed by atoms with Crippen LogP contribution in [0.15, 0.2) is 66.7 Å². The topological polar surface area (TPSA) is 9.23 Å². The highest BCUT2D eigenvalue weighted by Crippen LogP contribution is 2.25. The maximum Gasteiger partial charge on any atom is 0.119 e. The zero-order valence-electron chi connectivity index (χ0n) is 11.7. The summed E-state index contributed by atoms with van der Waals surface area (Å²) in [5, 5.41) is 3.06. The molecule has 3 aromatic carbocycles. The van der Waals surface area contributed by atoms with Crippen LogP contribution in [0, 0.1) is 0 Å². The smallest absolute Gasteiger partial charge is 0.119 e. The van der Waals surface area contributed by atoms with E-state index in [4.69, 9.17) is 16.3 Å². The van der Waals surface area contributed by atoms with Crippen LogP contribution in [-0.2, 0) is 0 Å². The van der Waals surface area contributed by atoms with E-state index < -0.39 is 0 Å². The number of halogens is 1. The van der Waals surface area contributed by atoms with Gasteiger partial charge < -0.3 is 4.74 Å². The van der Waals surface area contributed by atoms with E-state index in [1.165, 1.54) is 5.39 Å². The van der Waals surface area contributed by atoms with E-state index in [1.807, 2.05) is 48.5 Å². The van der Waals surface area contributed by atoms with Gasteiger partial charge in [-0.1, -0.05) is 60.1 Å². The van der Waals surface area contributed by atoms with Crippen molar-refractivity contribution < 1.29 is 4.74 Å². The molecule has 0 aliphatic rings. The molecule has 3 rings (SSSR count). The molecule has 104 valence electrons. The lowest BCUT2D eigenvalue weighted by molar-refractivity contribution is 0.415. The number of fused-ring (bicyclic) bond motifs is 1. The van der Waals surface area contributed by atoms with E-state index in [0.29, 0.717) is 0 Å². The number of hydrogen-bond acceptors (Lipinski definition) is 1. The Kier molecular flexibility index (Phi) is 3.94. The molecule has 0 saturated heterocycles. The normalized spacial score (nSPS) is 11.6. The second-order valence-electron chi connectivity index (χ2n) is 4.83. The standard InChI is InChI=1S/C19H15ClO/c1-21-18-10-9-16-11-14(7-8-17(16)13-18)12-19(20)15-5-3-2-4-6-15/h2-13H,1H3. The molecule has 0 atom stereocenters. The van der Waals surface area contributed by atoms with Crippen LogP contribution in [0.25, 0.3) is 21.9 Å². The summed E-state index contributed by atoms with van der Waals surface area (Å²) in [6.45, 7) is 0. The van der Waals surface area contributed by atoms with Crippen molar-refractivity contribution >= 4 is 33.5 Å². The average molecular weight is 295 g/mol. The molecular weight excluding hydrogens is 280 g/mol. The number of rotatable bonds is 3. The summed E-state index contributed by atoms with van der Waals surface area (Å²) in [6, 6.07) is 22.3. The minimum Gasteiger partial charge on any atom is -0.497 e. The Morgan fingerprint density at radius 1 is 0.905 bits per heavy atom. The van der Waals surface area contributed by atoms with Crippen LogP contribution < -0.4 is 4.74 Å². The van der Waals surface area contributed by atoms with Gasteiger partial charge in [0.1, 0.15) is 5.75 Å². The zero-order valence-corrected chi connectivity index (χ0v) is 12.5. The van der Waals surface area contributed by atoms with Gasteiger partial charge in [-0.05, 0) is 46.2 Å². The maximum absolute atomic E-state index is 6.38. The Bertz CT molecular complexity index is 791. The van der Waals surface area contributed by atoms with Gasteiger partial charge in [0, 0.05) is 5.03 Å². The zero-order chi connectivity index (χ0) is 14.7. The molecule has 21 heavy (non-hydrogen) atoms. The van der Waals surface area contributed by atoms with Crippen molar-refractivity contribution in [2.24, 2.45) is 0 Å². The first kappa shape index (κ1) is 13.7. The van der Waals surface area contributed by atoms with Crippen LogP contribution in [0.4, 0.5) is 0 Å². The van der Waals surface area contributed by atoms with Crippen molar-refractivity contribution in [3.05, 3.63) is 77.9 Å². The third-order valence-electron chi connectivity index (χ3n) is 3.41. The molecule has 0 fully saturated rings. The summed E-state index contributed by atoms with van der Waals surface area (Å²) >= 11 is 6.38. The molecule has 0 aromatic heterocycles. The van der Waals surface area contributed by atoms with Gasteiger partial charge in [-0.2, -0.15) is 0 Å². The van der Waals surface area contributed by atoms with Crippen molar-refractivity contribution in [2.45, 2.75) is 0 Å². The molecule has 0 saturated carbocycles. The fourth-order valence-corrected chi connectivity index (χ4v) is 2.54. The summed E-state index contributed by atoms with van der Waals surface area (Å²) in [5.41, 5.74) is 2.11. The number of hydrogen-bond donors (Lipinski definition) is 0. The van der Waals surface area contributed by atoms with Crippen LogP contribution in [0.2, 0.25) is 0 Å². The van der Waals surface area contributed by atoms with E-state index in [9.17, 15) is 0 Å². The quantitative estimate of drug-likeness (QED) is 0.573. The second kappa shape index (κ2) is 6.02. The molecule has 0 radical (unpaired) electrons. The first-order valence-electron chi connectivity index (χ1n) is 6.77. The van der Waals surface area contributed by atoms with E-state index in [2.05, 4.69) is 24.3 Å². The van der Waals surface area contributed by atoms with Crippen molar-refractivity contribution in [1.82, 2.24) is 0 Å². The van der Waals surface area contributed by atoms with Gasteiger partial charge in [0.15, 0.2) is 0 Å². The molecule has 0 bridgehead atoms. The SMILES string of the molecule is COc1ccc2cc(C=C(Cl)c3ccccc3)ccc2c1. The Hall–Kier alpha value is -2.25. The first-order valence-corrected chi connectivity index (χ1v) is 7.14. The fraction of sp³-hybridized carbons (Fsp3) is 0.0526. The largest absolute Gasteiger partial charge is 0.497 e.